The van der Waals surface area contributed by atoms with E-state index in [9.17, 15) is 9.59 Å². The molecule has 1 rings (SSSR count). The average Bonchev–Trinajstić information content (AvgIpc) is 2.62. The molecule has 1 aromatic heterocycles. The first-order valence-electron chi connectivity index (χ1n) is 7.20. The molecule has 0 unspecified atom stereocenters. The van der Waals surface area contributed by atoms with E-state index in [-0.39, 0.29) is 18.2 Å². The minimum absolute atomic E-state index is 0.0516. The summed E-state index contributed by atoms with van der Waals surface area (Å²) in [6.07, 6.45) is 0.204. The highest BCUT2D eigenvalue weighted by Crippen LogP contribution is 2.16. The lowest BCUT2D eigenvalue weighted by Gasteiger charge is -2.26. The molecule has 0 saturated carbocycles. The summed E-state index contributed by atoms with van der Waals surface area (Å²) in [5.74, 6) is -0.670. The number of carbonyl (C=O) groups is 2. The fraction of sp³-hybridized carbons (Fsp3) is 0.667. The fourth-order valence-corrected chi connectivity index (χ4v) is 3.13. The Labute approximate surface area is 140 Å². The van der Waals surface area contributed by atoms with Crippen LogP contribution in [0.1, 0.15) is 45.2 Å². The van der Waals surface area contributed by atoms with Crippen molar-refractivity contribution in [2.45, 2.75) is 59.6 Å². The van der Waals surface area contributed by atoms with Gasteiger partial charge in [-0.05, 0) is 45.8 Å². The molecule has 7 heteroatoms. The van der Waals surface area contributed by atoms with Crippen LogP contribution in [0.2, 0.25) is 0 Å². The van der Waals surface area contributed by atoms with Crippen molar-refractivity contribution in [1.29, 1.82) is 0 Å². The zero-order chi connectivity index (χ0) is 17.1. The second-order valence-electron chi connectivity index (χ2n) is 6.56. The molecule has 124 valence electrons. The fourth-order valence-electron chi connectivity index (χ4n) is 1.84. The van der Waals surface area contributed by atoms with E-state index in [1.165, 1.54) is 11.3 Å². The number of aryl methyl sites for hydroxylation is 1. The number of nitrogens with one attached hydrogen (secondary N) is 2. The molecule has 0 fully saturated rings. The lowest BCUT2D eigenvalue weighted by Crippen LogP contribution is -2.47. The van der Waals surface area contributed by atoms with E-state index in [2.05, 4.69) is 10.3 Å². The Balaban J connectivity index is 2.74. The first-order chi connectivity index (χ1) is 9.99. The molecule has 0 aromatic carbocycles. The number of ether oxygens (including phenoxy) is 1. The molecule has 2 N–H and O–H groups in total. The molecule has 1 heterocycles. The second kappa shape index (κ2) is 7.37. The van der Waals surface area contributed by atoms with Gasteiger partial charge in [-0.3, -0.25) is 4.79 Å². The van der Waals surface area contributed by atoms with Crippen LogP contribution in [0.4, 0.5) is 0 Å². The van der Waals surface area contributed by atoms with Crippen molar-refractivity contribution in [3.8, 4) is 0 Å². The van der Waals surface area contributed by atoms with Gasteiger partial charge >= 0.3 is 5.97 Å². The van der Waals surface area contributed by atoms with Crippen LogP contribution in [-0.4, -0.2) is 28.5 Å². The number of hydrogen-bond donors (Lipinski definition) is 2. The normalized spacial score (nSPS) is 13.0. The molecule has 0 spiro atoms. The number of thiazole rings is 1. The van der Waals surface area contributed by atoms with Crippen molar-refractivity contribution in [2.24, 2.45) is 5.92 Å². The van der Waals surface area contributed by atoms with E-state index in [4.69, 9.17) is 17.0 Å². The Morgan fingerprint density at radius 2 is 1.95 bits per heavy atom. The third kappa shape index (κ3) is 5.88. The standard InChI is InChI=1S/C15H24N2O3S2/c1-8(2)12(13(19)20-15(4,5)6)17-11(18)7-10-9(3)16-14(21)22-10/h8,12H,7H2,1-6H3,(H,16,21)(H,17,18)/t12-/m1/s1. The number of hydrogen-bond acceptors (Lipinski definition) is 5. The van der Waals surface area contributed by atoms with Gasteiger partial charge in [-0.25, -0.2) is 4.79 Å². The van der Waals surface area contributed by atoms with Gasteiger partial charge in [0.05, 0.1) is 6.42 Å². The lowest BCUT2D eigenvalue weighted by molar-refractivity contribution is -0.159. The van der Waals surface area contributed by atoms with Gasteiger partial charge in [0.1, 0.15) is 11.6 Å². The van der Waals surface area contributed by atoms with E-state index < -0.39 is 17.6 Å². The Kier molecular flexibility index (Phi) is 6.31. The summed E-state index contributed by atoms with van der Waals surface area (Å²) in [5, 5.41) is 2.77. The summed E-state index contributed by atoms with van der Waals surface area (Å²) in [4.78, 5) is 28.3. The Morgan fingerprint density at radius 3 is 2.36 bits per heavy atom. The van der Waals surface area contributed by atoms with E-state index in [1.54, 1.807) is 20.8 Å². The molecule has 0 aliphatic rings. The van der Waals surface area contributed by atoms with Gasteiger partial charge in [0.2, 0.25) is 5.91 Å². The van der Waals surface area contributed by atoms with Crippen LogP contribution in [0.15, 0.2) is 0 Å². The highest BCUT2D eigenvalue weighted by molar-refractivity contribution is 7.73. The summed E-state index contributed by atoms with van der Waals surface area (Å²) in [6.45, 7) is 11.0. The first-order valence-corrected chi connectivity index (χ1v) is 8.43. The van der Waals surface area contributed by atoms with Crippen molar-refractivity contribution < 1.29 is 14.3 Å². The Bertz CT molecular complexity index is 597. The van der Waals surface area contributed by atoms with Crippen LogP contribution in [-0.2, 0) is 20.7 Å². The molecule has 0 bridgehead atoms. The van der Waals surface area contributed by atoms with E-state index in [0.717, 1.165) is 10.6 Å². The van der Waals surface area contributed by atoms with Gasteiger partial charge in [-0.15, -0.1) is 11.3 Å². The highest BCUT2D eigenvalue weighted by Gasteiger charge is 2.29. The SMILES string of the molecule is Cc1[nH]c(=S)sc1CC(=O)N[C@@H](C(=O)OC(C)(C)C)C(C)C. The maximum Gasteiger partial charge on any atom is 0.329 e. The van der Waals surface area contributed by atoms with Crippen LogP contribution < -0.4 is 5.32 Å². The maximum absolute atomic E-state index is 12.2. The molecular formula is C15H24N2O3S2. The molecule has 1 amide bonds. The summed E-state index contributed by atoms with van der Waals surface area (Å²) < 4.78 is 6.01. The molecule has 1 aromatic rings. The van der Waals surface area contributed by atoms with Gasteiger partial charge in [0.25, 0.3) is 0 Å². The van der Waals surface area contributed by atoms with Crippen molar-refractivity contribution >= 4 is 35.4 Å². The van der Waals surface area contributed by atoms with Crippen molar-refractivity contribution in [3.63, 3.8) is 0 Å². The predicted octanol–water partition coefficient (Wildman–Crippen LogP) is 3.14. The molecule has 0 saturated heterocycles. The van der Waals surface area contributed by atoms with Crippen LogP contribution in [0.25, 0.3) is 0 Å². The van der Waals surface area contributed by atoms with E-state index in [0.29, 0.717) is 3.95 Å². The quantitative estimate of drug-likeness (QED) is 0.636. The van der Waals surface area contributed by atoms with E-state index in [1.807, 2.05) is 20.8 Å². The first kappa shape index (κ1) is 18.8. The van der Waals surface area contributed by atoms with Crippen molar-refractivity contribution in [1.82, 2.24) is 10.3 Å². The van der Waals surface area contributed by atoms with E-state index >= 15 is 0 Å². The molecule has 5 nitrogen and oxygen atoms in total. The third-order valence-corrected chi connectivity index (χ3v) is 4.23. The molecule has 22 heavy (non-hydrogen) atoms. The summed E-state index contributed by atoms with van der Waals surface area (Å²) >= 11 is 6.44. The van der Waals surface area contributed by atoms with Gasteiger partial charge in [-0.1, -0.05) is 13.8 Å². The monoisotopic (exact) mass is 344 g/mol. The number of carbonyl (C=O) groups excluding carboxylic acids is 2. The van der Waals surface area contributed by atoms with Gasteiger partial charge in [0, 0.05) is 10.6 Å². The van der Waals surface area contributed by atoms with Crippen molar-refractivity contribution in [3.05, 3.63) is 14.5 Å². The molecule has 0 aliphatic carbocycles. The number of esters is 1. The maximum atomic E-state index is 12.2. The van der Waals surface area contributed by atoms with Gasteiger partial charge < -0.3 is 15.0 Å². The Hall–Kier alpha value is -1.21. The Morgan fingerprint density at radius 1 is 1.36 bits per heavy atom. The molecular weight excluding hydrogens is 320 g/mol. The summed E-state index contributed by atoms with van der Waals surface area (Å²) in [6, 6.07) is -0.654. The van der Waals surface area contributed by atoms with Crippen LogP contribution in [0.3, 0.4) is 0 Å². The summed E-state index contributed by atoms with van der Waals surface area (Å²) in [7, 11) is 0. The largest absolute Gasteiger partial charge is 0.458 e. The molecule has 1 atom stereocenters. The van der Waals surface area contributed by atoms with Crippen LogP contribution >= 0.6 is 23.6 Å². The number of aromatic amines is 1. The minimum atomic E-state index is -0.654. The van der Waals surface area contributed by atoms with Gasteiger partial charge in [0.15, 0.2) is 3.95 Å². The third-order valence-electron chi connectivity index (χ3n) is 2.89. The van der Waals surface area contributed by atoms with Crippen molar-refractivity contribution in [2.75, 3.05) is 0 Å². The smallest absolute Gasteiger partial charge is 0.329 e. The second-order valence-corrected chi connectivity index (χ2v) is 8.33. The zero-order valence-corrected chi connectivity index (χ0v) is 15.5. The lowest BCUT2D eigenvalue weighted by atomic mass is 10.0. The van der Waals surface area contributed by atoms with Crippen LogP contribution in [0, 0.1) is 16.8 Å². The molecule has 0 radical (unpaired) electrons. The molecule has 0 aliphatic heterocycles. The van der Waals surface area contributed by atoms with Crippen LogP contribution in [0.5, 0.6) is 0 Å². The predicted molar refractivity (Wildman–Crippen MR) is 90.6 cm³/mol. The highest BCUT2D eigenvalue weighted by atomic mass is 32.1. The number of amides is 1. The topological polar surface area (TPSA) is 71.2 Å². The average molecular weight is 345 g/mol. The number of aromatic nitrogens is 1. The summed E-state index contributed by atoms with van der Waals surface area (Å²) in [5.41, 5.74) is 0.314. The zero-order valence-electron chi connectivity index (χ0n) is 13.9. The minimum Gasteiger partial charge on any atom is -0.458 e. The van der Waals surface area contributed by atoms with Gasteiger partial charge in [-0.2, -0.15) is 0 Å². The number of rotatable bonds is 5. The number of H-pyrrole nitrogens is 1.